The number of hydrogen-bond donors (Lipinski definition) is 0. The maximum Gasteiger partial charge on any atom is 0.263 e. The fourth-order valence-electron chi connectivity index (χ4n) is 3.78. The highest BCUT2D eigenvalue weighted by Gasteiger charge is 2.24. The monoisotopic (exact) mass is 389 g/mol. The molecule has 0 bridgehead atoms. The normalized spacial score (nSPS) is 15.1. The zero-order valence-electron chi connectivity index (χ0n) is 15.8. The molecule has 0 unspecified atom stereocenters. The Hall–Kier alpha value is -3.32. The molecule has 1 saturated heterocycles. The van der Waals surface area contributed by atoms with Gasteiger partial charge in [-0.05, 0) is 29.8 Å². The van der Waals surface area contributed by atoms with Crippen molar-refractivity contribution in [3.63, 3.8) is 0 Å². The van der Waals surface area contributed by atoms with Gasteiger partial charge in [-0.15, -0.1) is 0 Å². The predicted octanol–water partition coefficient (Wildman–Crippen LogP) is 3.75. The maximum absolute atomic E-state index is 13.3. The number of aromatic nitrogens is 3. The summed E-state index contributed by atoms with van der Waals surface area (Å²) in [5, 5.41) is 4.96. The quantitative estimate of drug-likeness (QED) is 0.530. The van der Waals surface area contributed by atoms with Gasteiger partial charge < -0.3 is 9.42 Å². The maximum atomic E-state index is 13.3. The Kier molecular flexibility index (Phi) is 4.65. The van der Waals surface area contributed by atoms with Crippen molar-refractivity contribution in [2.24, 2.45) is 0 Å². The second-order valence-electron chi connectivity index (χ2n) is 7.16. The number of rotatable bonds is 4. The number of nitrogens with zero attached hydrogens (tertiary/aromatic N) is 5. The zero-order chi connectivity index (χ0) is 19.6. The van der Waals surface area contributed by atoms with Crippen LogP contribution in [0.1, 0.15) is 5.56 Å². The highest BCUT2D eigenvalue weighted by Crippen LogP contribution is 2.33. The standard InChI is InChI=1S/C22H20FN5O/c23-18-8-6-17(7-9-18)20-19-21(24-15-25-22(19)29-26-20)28-12-10-27(11-13-28)14-16-4-2-1-3-5-16/h1-9,15H,10-14H2. The Morgan fingerprint density at radius 2 is 1.66 bits per heavy atom. The Labute approximate surface area is 167 Å². The van der Waals surface area contributed by atoms with Crippen molar-refractivity contribution in [1.29, 1.82) is 0 Å². The Balaban J connectivity index is 1.39. The van der Waals surface area contributed by atoms with E-state index in [1.807, 2.05) is 6.07 Å². The van der Waals surface area contributed by atoms with Gasteiger partial charge in [-0.1, -0.05) is 35.5 Å². The highest BCUT2D eigenvalue weighted by molar-refractivity contribution is 5.97. The molecule has 1 aliphatic rings. The van der Waals surface area contributed by atoms with Crippen molar-refractivity contribution in [2.75, 3.05) is 31.1 Å². The van der Waals surface area contributed by atoms with Crippen molar-refractivity contribution >= 4 is 16.9 Å². The molecule has 2 aromatic heterocycles. The van der Waals surface area contributed by atoms with Crippen LogP contribution >= 0.6 is 0 Å². The lowest BCUT2D eigenvalue weighted by molar-refractivity contribution is 0.249. The van der Waals surface area contributed by atoms with Crippen molar-refractivity contribution in [2.45, 2.75) is 6.54 Å². The molecular weight excluding hydrogens is 369 g/mol. The second kappa shape index (κ2) is 7.60. The van der Waals surface area contributed by atoms with Crippen LogP contribution in [-0.4, -0.2) is 46.2 Å². The van der Waals surface area contributed by atoms with E-state index in [9.17, 15) is 4.39 Å². The first-order valence-corrected chi connectivity index (χ1v) is 9.65. The summed E-state index contributed by atoms with van der Waals surface area (Å²) in [7, 11) is 0. The summed E-state index contributed by atoms with van der Waals surface area (Å²) in [6.45, 7) is 4.54. The van der Waals surface area contributed by atoms with Gasteiger partial charge in [-0.25, -0.2) is 9.37 Å². The molecule has 0 radical (unpaired) electrons. The average Bonchev–Trinajstić information content (AvgIpc) is 3.20. The molecule has 29 heavy (non-hydrogen) atoms. The summed E-state index contributed by atoms with van der Waals surface area (Å²) in [5.41, 5.74) is 3.19. The van der Waals surface area contributed by atoms with Crippen LogP contribution in [0.15, 0.2) is 65.4 Å². The lowest BCUT2D eigenvalue weighted by Gasteiger charge is -2.35. The molecule has 0 N–H and O–H groups in total. The summed E-state index contributed by atoms with van der Waals surface area (Å²) in [4.78, 5) is 13.4. The minimum absolute atomic E-state index is 0.285. The van der Waals surface area contributed by atoms with Crippen LogP contribution < -0.4 is 4.90 Å². The highest BCUT2D eigenvalue weighted by atomic mass is 19.1. The van der Waals surface area contributed by atoms with Gasteiger partial charge in [0, 0.05) is 38.3 Å². The van der Waals surface area contributed by atoms with Gasteiger partial charge in [0.15, 0.2) is 0 Å². The van der Waals surface area contributed by atoms with Crippen LogP contribution in [0, 0.1) is 5.82 Å². The lowest BCUT2D eigenvalue weighted by atomic mass is 10.1. The Bertz CT molecular complexity index is 1110. The van der Waals surface area contributed by atoms with Gasteiger partial charge in [0.2, 0.25) is 0 Å². The Morgan fingerprint density at radius 3 is 2.41 bits per heavy atom. The van der Waals surface area contributed by atoms with Crippen molar-refractivity contribution < 1.29 is 8.91 Å². The number of hydrogen-bond acceptors (Lipinski definition) is 6. The average molecular weight is 389 g/mol. The van der Waals surface area contributed by atoms with Gasteiger partial charge in [-0.3, -0.25) is 4.90 Å². The minimum atomic E-state index is -0.285. The molecule has 4 aromatic rings. The van der Waals surface area contributed by atoms with Crippen LogP contribution in [0.3, 0.4) is 0 Å². The van der Waals surface area contributed by atoms with E-state index in [0.717, 1.165) is 49.5 Å². The number of piperazine rings is 1. The molecule has 0 spiro atoms. The van der Waals surface area contributed by atoms with Gasteiger partial charge in [0.25, 0.3) is 5.71 Å². The van der Waals surface area contributed by atoms with E-state index in [2.05, 4.69) is 49.2 Å². The van der Waals surface area contributed by atoms with E-state index in [1.54, 1.807) is 12.1 Å². The van der Waals surface area contributed by atoms with E-state index in [4.69, 9.17) is 4.52 Å². The zero-order valence-corrected chi connectivity index (χ0v) is 15.8. The van der Waals surface area contributed by atoms with E-state index in [0.29, 0.717) is 11.4 Å². The molecule has 5 rings (SSSR count). The van der Waals surface area contributed by atoms with Crippen molar-refractivity contribution in [3.8, 4) is 11.3 Å². The van der Waals surface area contributed by atoms with Crippen molar-refractivity contribution in [3.05, 3.63) is 72.3 Å². The lowest BCUT2D eigenvalue weighted by Crippen LogP contribution is -2.46. The number of fused-ring (bicyclic) bond motifs is 1. The summed E-state index contributed by atoms with van der Waals surface area (Å²) in [5.74, 6) is 0.530. The first kappa shape index (κ1) is 17.8. The SMILES string of the molecule is Fc1ccc(-c2noc3ncnc(N4CCN(Cc5ccccc5)CC4)c23)cc1. The minimum Gasteiger partial charge on any atom is -0.353 e. The summed E-state index contributed by atoms with van der Waals surface area (Å²) >= 11 is 0. The molecule has 3 heterocycles. The molecule has 7 heteroatoms. The third-order valence-corrected chi connectivity index (χ3v) is 5.29. The van der Waals surface area contributed by atoms with Crippen LogP contribution in [0.2, 0.25) is 0 Å². The van der Waals surface area contributed by atoms with Gasteiger partial charge >= 0.3 is 0 Å². The smallest absolute Gasteiger partial charge is 0.263 e. The molecule has 0 aliphatic carbocycles. The predicted molar refractivity (Wildman–Crippen MR) is 109 cm³/mol. The molecule has 1 aliphatic heterocycles. The van der Waals surface area contributed by atoms with Gasteiger partial charge in [0.05, 0.1) is 0 Å². The fourth-order valence-corrected chi connectivity index (χ4v) is 3.78. The molecule has 0 atom stereocenters. The van der Waals surface area contributed by atoms with Crippen LogP contribution in [0.4, 0.5) is 10.2 Å². The molecule has 1 fully saturated rings. The van der Waals surface area contributed by atoms with Crippen LogP contribution in [0.25, 0.3) is 22.4 Å². The third kappa shape index (κ3) is 3.56. The van der Waals surface area contributed by atoms with Crippen LogP contribution in [0.5, 0.6) is 0 Å². The number of benzene rings is 2. The second-order valence-corrected chi connectivity index (χ2v) is 7.16. The number of anilines is 1. The van der Waals surface area contributed by atoms with Gasteiger partial charge in [0.1, 0.15) is 29.0 Å². The first-order valence-electron chi connectivity index (χ1n) is 9.65. The molecule has 0 saturated carbocycles. The van der Waals surface area contributed by atoms with Crippen LogP contribution in [-0.2, 0) is 6.54 Å². The van der Waals surface area contributed by atoms with E-state index < -0.39 is 0 Å². The summed E-state index contributed by atoms with van der Waals surface area (Å²) in [6.07, 6.45) is 1.51. The van der Waals surface area contributed by atoms with E-state index >= 15 is 0 Å². The Morgan fingerprint density at radius 1 is 0.897 bits per heavy atom. The topological polar surface area (TPSA) is 58.3 Å². The molecule has 146 valence electrons. The van der Waals surface area contributed by atoms with E-state index in [1.165, 1.54) is 24.0 Å². The van der Waals surface area contributed by atoms with E-state index in [-0.39, 0.29) is 5.82 Å². The van der Waals surface area contributed by atoms with Gasteiger partial charge in [-0.2, -0.15) is 4.98 Å². The first-order chi connectivity index (χ1) is 14.3. The molecule has 2 aromatic carbocycles. The summed E-state index contributed by atoms with van der Waals surface area (Å²) < 4.78 is 18.8. The molecule has 6 nitrogen and oxygen atoms in total. The van der Waals surface area contributed by atoms with Crippen molar-refractivity contribution in [1.82, 2.24) is 20.0 Å². The fraction of sp³-hybridized carbons (Fsp3) is 0.227. The summed E-state index contributed by atoms with van der Waals surface area (Å²) in [6, 6.07) is 16.7. The number of halogens is 1. The largest absolute Gasteiger partial charge is 0.353 e. The molecular formula is C22H20FN5O. The molecule has 0 amide bonds. The third-order valence-electron chi connectivity index (χ3n) is 5.29.